The molecule has 0 radical (unpaired) electrons. The van der Waals surface area contributed by atoms with Crippen molar-refractivity contribution in [1.82, 2.24) is 25.1 Å². The van der Waals surface area contributed by atoms with Gasteiger partial charge in [0.25, 0.3) is 5.89 Å². The molecule has 31 heavy (non-hydrogen) atoms. The molecule has 0 spiro atoms. The molecule has 0 aromatic carbocycles. The van der Waals surface area contributed by atoms with Crippen LogP contribution in [0.5, 0.6) is 0 Å². The summed E-state index contributed by atoms with van der Waals surface area (Å²) in [7, 11) is 1.63. The summed E-state index contributed by atoms with van der Waals surface area (Å²) in [5, 5.41) is 8.02. The summed E-state index contributed by atoms with van der Waals surface area (Å²) >= 11 is 0. The summed E-state index contributed by atoms with van der Waals surface area (Å²) in [4.78, 5) is 21.0. The minimum absolute atomic E-state index is 0.000929. The largest absolute Gasteiger partial charge is 0.382 e. The first kappa shape index (κ1) is 23.3. The van der Waals surface area contributed by atoms with Crippen LogP contribution in [0.2, 0.25) is 0 Å². The Kier molecular flexibility index (Phi) is 8.95. The van der Waals surface area contributed by atoms with Gasteiger partial charge in [-0.2, -0.15) is 4.98 Å². The van der Waals surface area contributed by atoms with Crippen LogP contribution in [0.3, 0.4) is 0 Å². The SMILES string of the molecule is COCCOCCOCC(=O)N1CCCN(Cc2noc(-c3c(C)noc3C)n2)CC1. The lowest BCUT2D eigenvalue weighted by atomic mass is 10.2. The maximum atomic E-state index is 12.4. The lowest BCUT2D eigenvalue weighted by Crippen LogP contribution is -2.37. The molecule has 1 saturated heterocycles. The first-order chi connectivity index (χ1) is 15.1. The highest BCUT2D eigenvalue weighted by molar-refractivity contribution is 5.77. The third-order valence-electron chi connectivity index (χ3n) is 5.05. The molecule has 0 N–H and O–H groups in total. The van der Waals surface area contributed by atoms with Crippen molar-refractivity contribution < 1.29 is 28.1 Å². The van der Waals surface area contributed by atoms with Gasteiger partial charge in [-0.25, -0.2) is 0 Å². The number of carbonyl (C=O) groups excluding carboxylic acids is 1. The highest BCUT2D eigenvalue weighted by Gasteiger charge is 2.22. The second-order valence-electron chi connectivity index (χ2n) is 7.38. The number of carbonyl (C=O) groups is 1. The molecule has 1 amide bonds. The molecule has 172 valence electrons. The zero-order valence-electron chi connectivity index (χ0n) is 18.5. The van der Waals surface area contributed by atoms with Gasteiger partial charge in [-0.05, 0) is 20.3 Å². The minimum Gasteiger partial charge on any atom is -0.382 e. The number of amides is 1. The second kappa shape index (κ2) is 11.9. The van der Waals surface area contributed by atoms with Crippen LogP contribution in [0.1, 0.15) is 23.7 Å². The fourth-order valence-corrected chi connectivity index (χ4v) is 3.40. The van der Waals surface area contributed by atoms with Crippen LogP contribution in [-0.4, -0.2) is 97.3 Å². The number of rotatable bonds is 11. The Hall–Kier alpha value is -2.34. The predicted octanol–water partition coefficient (Wildman–Crippen LogP) is 1.06. The molecule has 1 fully saturated rings. The third-order valence-corrected chi connectivity index (χ3v) is 5.05. The van der Waals surface area contributed by atoms with Gasteiger partial charge in [-0.3, -0.25) is 9.69 Å². The van der Waals surface area contributed by atoms with Gasteiger partial charge in [0.15, 0.2) is 5.82 Å². The lowest BCUT2D eigenvalue weighted by Gasteiger charge is -2.21. The Morgan fingerprint density at radius 1 is 1.00 bits per heavy atom. The number of ether oxygens (including phenoxy) is 3. The number of hydrogen-bond donors (Lipinski definition) is 0. The average Bonchev–Trinajstić information content (AvgIpc) is 3.25. The van der Waals surface area contributed by atoms with Crippen LogP contribution < -0.4 is 0 Å². The first-order valence-electron chi connectivity index (χ1n) is 10.5. The molecule has 0 saturated carbocycles. The molecule has 2 aromatic rings. The average molecular weight is 437 g/mol. The van der Waals surface area contributed by atoms with Crippen molar-refractivity contribution in [2.45, 2.75) is 26.8 Å². The Morgan fingerprint density at radius 2 is 1.81 bits per heavy atom. The quantitative estimate of drug-likeness (QED) is 0.472. The topological polar surface area (TPSA) is 116 Å². The van der Waals surface area contributed by atoms with Crippen LogP contribution in [0, 0.1) is 13.8 Å². The van der Waals surface area contributed by atoms with Crippen molar-refractivity contribution in [2.75, 3.05) is 66.3 Å². The zero-order valence-corrected chi connectivity index (χ0v) is 18.5. The first-order valence-corrected chi connectivity index (χ1v) is 10.5. The van der Waals surface area contributed by atoms with E-state index in [1.807, 2.05) is 18.7 Å². The van der Waals surface area contributed by atoms with Gasteiger partial charge >= 0.3 is 0 Å². The Balaban J connectivity index is 1.40. The number of nitrogens with zero attached hydrogens (tertiary/aromatic N) is 5. The van der Waals surface area contributed by atoms with E-state index in [-0.39, 0.29) is 12.5 Å². The summed E-state index contributed by atoms with van der Waals surface area (Å²) in [6.45, 7) is 9.14. The number of hydrogen-bond acceptors (Lipinski definition) is 10. The number of aromatic nitrogens is 3. The highest BCUT2D eigenvalue weighted by Crippen LogP contribution is 2.25. The van der Waals surface area contributed by atoms with Gasteiger partial charge < -0.3 is 28.2 Å². The van der Waals surface area contributed by atoms with Crippen LogP contribution in [0.4, 0.5) is 0 Å². The second-order valence-corrected chi connectivity index (χ2v) is 7.38. The van der Waals surface area contributed by atoms with Crippen molar-refractivity contribution >= 4 is 5.91 Å². The number of aryl methyl sites for hydroxylation is 2. The fourth-order valence-electron chi connectivity index (χ4n) is 3.40. The summed E-state index contributed by atoms with van der Waals surface area (Å²) in [5.74, 6) is 1.67. The Bertz CT molecular complexity index is 803. The molecule has 1 aliphatic rings. The van der Waals surface area contributed by atoms with E-state index in [0.717, 1.165) is 30.8 Å². The van der Waals surface area contributed by atoms with E-state index in [4.69, 9.17) is 23.3 Å². The van der Waals surface area contributed by atoms with Crippen LogP contribution in [-0.2, 0) is 25.5 Å². The minimum atomic E-state index is -0.000929. The van der Waals surface area contributed by atoms with Gasteiger partial charge in [-0.1, -0.05) is 10.3 Å². The van der Waals surface area contributed by atoms with Crippen LogP contribution in [0.15, 0.2) is 9.05 Å². The zero-order chi connectivity index (χ0) is 22.1. The van der Waals surface area contributed by atoms with E-state index in [9.17, 15) is 4.79 Å². The van der Waals surface area contributed by atoms with Gasteiger partial charge in [0.2, 0.25) is 5.91 Å². The fraction of sp³-hybridized carbons (Fsp3) is 0.700. The molecule has 0 unspecified atom stereocenters. The van der Waals surface area contributed by atoms with E-state index in [1.54, 1.807) is 7.11 Å². The molecular formula is C20H31N5O6. The van der Waals surface area contributed by atoms with Crippen LogP contribution in [0.25, 0.3) is 11.5 Å². The van der Waals surface area contributed by atoms with Gasteiger partial charge in [0.1, 0.15) is 17.9 Å². The molecule has 11 heteroatoms. The van der Waals surface area contributed by atoms with Gasteiger partial charge in [0, 0.05) is 33.3 Å². The third kappa shape index (κ3) is 6.82. The monoisotopic (exact) mass is 437 g/mol. The summed E-state index contributed by atoms with van der Waals surface area (Å²) in [6.07, 6.45) is 0.875. The van der Waals surface area contributed by atoms with Crippen LogP contribution >= 0.6 is 0 Å². The van der Waals surface area contributed by atoms with E-state index >= 15 is 0 Å². The molecule has 1 aliphatic heterocycles. The molecule has 2 aromatic heterocycles. The van der Waals surface area contributed by atoms with E-state index in [0.29, 0.717) is 63.5 Å². The van der Waals surface area contributed by atoms with Gasteiger partial charge in [-0.15, -0.1) is 0 Å². The van der Waals surface area contributed by atoms with Crippen molar-refractivity contribution in [1.29, 1.82) is 0 Å². The Morgan fingerprint density at radius 3 is 2.58 bits per heavy atom. The maximum Gasteiger partial charge on any atom is 0.263 e. The molecular weight excluding hydrogens is 406 g/mol. The maximum absolute atomic E-state index is 12.4. The summed E-state index contributed by atoms with van der Waals surface area (Å²) < 4.78 is 26.2. The van der Waals surface area contributed by atoms with Crippen molar-refractivity contribution in [3.05, 3.63) is 17.3 Å². The van der Waals surface area contributed by atoms with E-state index in [1.165, 1.54) is 0 Å². The standard InChI is InChI=1S/C20H31N5O6/c1-15-19(16(2)30-22-15)20-21-17(23-31-20)13-24-5-4-6-25(8-7-24)18(26)14-29-12-11-28-10-9-27-3/h4-14H2,1-3H3. The predicted molar refractivity (Wildman–Crippen MR) is 109 cm³/mol. The number of methoxy groups -OCH3 is 1. The van der Waals surface area contributed by atoms with Crippen molar-refractivity contribution in [3.63, 3.8) is 0 Å². The molecule has 11 nitrogen and oxygen atoms in total. The lowest BCUT2D eigenvalue weighted by molar-refractivity contribution is -0.136. The molecule has 3 rings (SSSR count). The van der Waals surface area contributed by atoms with E-state index in [2.05, 4.69) is 20.2 Å². The molecule has 0 bridgehead atoms. The van der Waals surface area contributed by atoms with Crippen molar-refractivity contribution in [3.8, 4) is 11.5 Å². The smallest absolute Gasteiger partial charge is 0.263 e. The van der Waals surface area contributed by atoms with Crippen molar-refractivity contribution in [2.24, 2.45) is 0 Å². The van der Waals surface area contributed by atoms with E-state index < -0.39 is 0 Å². The summed E-state index contributed by atoms with van der Waals surface area (Å²) in [5.41, 5.74) is 1.47. The van der Waals surface area contributed by atoms with Gasteiger partial charge in [0.05, 0.1) is 38.7 Å². The Labute approximate surface area is 181 Å². The summed E-state index contributed by atoms with van der Waals surface area (Å²) in [6, 6.07) is 0. The highest BCUT2D eigenvalue weighted by atomic mass is 16.5. The normalized spacial score (nSPS) is 15.4. The molecule has 0 atom stereocenters. The molecule has 0 aliphatic carbocycles. The molecule has 3 heterocycles.